The van der Waals surface area contributed by atoms with E-state index in [0.717, 1.165) is 11.3 Å². The molecular formula is C20H19N. The first-order valence-electron chi connectivity index (χ1n) is 7.24. The molecule has 2 aromatic carbocycles. The lowest BCUT2D eigenvalue weighted by atomic mass is 9.96. The number of pyridine rings is 1. The molecule has 0 spiro atoms. The Morgan fingerprint density at radius 2 is 1.48 bits per heavy atom. The number of benzene rings is 2. The first-order chi connectivity index (χ1) is 10.1. The van der Waals surface area contributed by atoms with Crippen LogP contribution in [0.4, 0.5) is 0 Å². The second kappa shape index (κ2) is 5.53. The molecule has 0 saturated heterocycles. The Balaban J connectivity index is 2.05. The molecule has 21 heavy (non-hydrogen) atoms. The van der Waals surface area contributed by atoms with Gasteiger partial charge in [0.2, 0.25) is 0 Å². The van der Waals surface area contributed by atoms with Gasteiger partial charge in [0.1, 0.15) is 0 Å². The van der Waals surface area contributed by atoms with Gasteiger partial charge in [0.25, 0.3) is 0 Å². The Bertz CT molecular complexity index is 770. The summed E-state index contributed by atoms with van der Waals surface area (Å²) in [6.07, 6.45) is 1.92. The zero-order valence-corrected chi connectivity index (χ0v) is 12.7. The minimum atomic E-state index is 1.02. The van der Waals surface area contributed by atoms with E-state index < -0.39 is 0 Å². The van der Waals surface area contributed by atoms with Crippen LogP contribution in [0, 0.1) is 20.8 Å². The topological polar surface area (TPSA) is 12.9 Å². The monoisotopic (exact) mass is 273 g/mol. The summed E-state index contributed by atoms with van der Waals surface area (Å²) in [5.74, 6) is 0. The van der Waals surface area contributed by atoms with Crippen LogP contribution in [-0.2, 0) is 0 Å². The molecule has 104 valence electrons. The van der Waals surface area contributed by atoms with Crippen LogP contribution in [0.2, 0.25) is 0 Å². The molecule has 0 atom stereocenters. The predicted molar refractivity (Wildman–Crippen MR) is 89.3 cm³/mol. The van der Waals surface area contributed by atoms with E-state index in [1.165, 1.54) is 27.8 Å². The number of nitrogens with zero attached hydrogens (tertiary/aromatic N) is 1. The number of hydrogen-bond acceptors (Lipinski definition) is 1. The molecule has 0 aliphatic heterocycles. The number of aryl methyl sites for hydroxylation is 3. The molecule has 1 heterocycles. The highest BCUT2D eigenvalue weighted by Gasteiger charge is 2.05. The van der Waals surface area contributed by atoms with Gasteiger partial charge in [0, 0.05) is 11.8 Å². The summed E-state index contributed by atoms with van der Waals surface area (Å²) in [5, 5.41) is 0. The Labute approximate surface area is 126 Å². The fourth-order valence-electron chi connectivity index (χ4n) is 2.62. The third-order valence-electron chi connectivity index (χ3n) is 3.76. The minimum absolute atomic E-state index is 1.02. The molecule has 1 heteroatoms. The molecule has 0 saturated carbocycles. The van der Waals surface area contributed by atoms with Crippen LogP contribution in [0.25, 0.3) is 22.4 Å². The van der Waals surface area contributed by atoms with Crippen LogP contribution in [0.15, 0.2) is 60.8 Å². The maximum absolute atomic E-state index is 4.52. The van der Waals surface area contributed by atoms with Gasteiger partial charge in [0.15, 0.2) is 0 Å². The highest BCUT2D eigenvalue weighted by atomic mass is 14.7. The van der Waals surface area contributed by atoms with E-state index in [1.54, 1.807) is 0 Å². The summed E-state index contributed by atoms with van der Waals surface area (Å²) in [7, 11) is 0. The van der Waals surface area contributed by atoms with Crippen molar-refractivity contribution in [3.8, 4) is 22.4 Å². The summed E-state index contributed by atoms with van der Waals surface area (Å²) >= 11 is 0. The van der Waals surface area contributed by atoms with E-state index in [1.807, 2.05) is 6.20 Å². The average molecular weight is 273 g/mol. The molecule has 3 rings (SSSR count). The van der Waals surface area contributed by atoms with Gasteiger partial charge >= 0.3 is 0 Å². The van der Waals surface area contributed by atoms with Crippen molar-refractivity contribution >= 4 is 0 Å². The van der Waals surface area contributed by atoms with Crippen molar-refractivity contribution in [1.82, 2.24) is 4.98 Å². The number of rotatable bonds is 2. The Kier molecular flexibility index (Phi) is 3.57. The predicted octanol–water partition coefficient (Wildman–Crippen LogP) is 5.34. The Morgan fingerprint density at radius 1 is 0.714 bits per heavy atom. The molecule has 0 amide bonds. The molecule has 0 radical (unpaired) electrons. The van der Waals surface area contributed by atoms with Gasteiger partial charge in [-0.05, 0) is 55.2 Å². The summed E-state index contributed by atoms with van der Waals surface area (Å²) in [4.78, 5) is 4.52. The fraction of sp³-hybridized carbons (Fsp3) is 0.150. The molecule has 0 aliphatic rings. The van der Waals surface area contributed by atoms with Gasteiger partial charge in [-0.2, -0.15) is 0 Å². The molecular weight excluding hydrogens is 254 g/mol. The second-order valence-electron chi connectivity index (χ2n) is 5.62. The first-order valence-corrected chi connectivity index (χ1v) is 7.24. The lowest BCUT2D eigenvalue weighted by Crippen LogP contribution is -1.87. The van der Waals surface area contributed by atoms with E-state index in [0.29, 0.717) is 0 Å². The van der Waals surface area contributed by atoms with Crippen LogP contribution in [0.3, 0.4) is 0 Å². The molecule has 0 unspecified atom stereocenters. The van der Waals surface area contributed by atoms with E-state index in [9.17, 15) is 0 Å². The van der Waals surface area contributed by atoms with Gasteiger partial charge in [0.05, 0.1) is 5.69 Å². The molecule has 3 aromatic rings. The maximum atomic E-state index is 4.52. The second-order valence-corrected chi connectivity index (χ2v) is 5.62. The number of aromatic nitrogens is 1. The summed E-state index contributed by atoms with van der Waals surface area (Å²) in [6, 6.07) is 19.4. The van der Waals surface area contributed by atoms with Gasteiger partial charge in [-0.15, -0.1) is 0 Å². The van der Waals surface area contributed by atoms with Crippen molar-refractivity contribution in [2.45, 2.75) is 20.8 Å². The Morgan fingerprint density at radius 3 is 2.19 bits per heavy atom. The highest BCUT2D eigenvalue weighted by Crippen LogP contribution is 2.28. The van der Waals surface area contributed by atoms with E-state index in [-0.39, 0.29) is 0 Å². The van der Waals surface area contributed by atoms with Crippen molar-refractivity contribution in [3.05, 3.63) is 77.5 Å². The van der Waals surface area contributed by atoms with Crippen LogP contribution in [0.1, 0.15) is 16.7 Å². The van der Waals surface area contributed by atoms with Crippen LogP contribution >= 0.6 is 0 Å². The number of hydrogen-bond donors (Lipinski definition) is 0. The molecule has 1 nitrogen and oxygen atoms in total. The van der Waals surface area contributed by atoms with Crippen LogP contribution < -0.4 is 0 Å². The summed E-state index contributed by atoms with van der Waals surface area (Å²) < 4.78 is 0. The summed E-state index contributed by atoms with van der Waals surface area (Å²) in [6.45, 7) is 6.35. The third kappa shape index (κ3) is 2.87. The van der Waals surface area contributed by atoms with E-state index >= 15 is 0 Å². The van der Waals surface area contributed by atoms with Crippen LogP contribution in [0.5, 0.6) is 0 Å². The Hall–Kier alpha value is -2.41. The quantitative estimate of drug-likeness (QED) is 0.614. The van der Waals surface area contributed by atoms with Crippen LogP contribution in [-0.4, -0.2) is 4.98 Å². The van der Waals surface area contributed by atoms with Gasteiger partial charge in [-0.3, -0.25) is 4.98 Å². The molecule has 0 aliphatic carbocycles. The van der Waals surface area contributed by atoms with Crippen molar-refractivity contribution in [2.75, 3.05) is 0 Å². The van der Waals surface area contributed by atoms with Crippen molar-refractivity contribution in [1.29, 1.82) is 0 Å². The lowest BCUT2D eigenvalue weighted by Gasteiger charge is -2.09. The van der Waals surface area contributed by atoms with Crippen molar-refractivity contribution < 1.29 is 0 Å². The molecule has 0 bridgehead atoms. The normalized spacial score (nSPS) is 10.6. The average Bonchev–Trinajstić information content (AvgIpc) is 2.48. The van der Waals surface area contributed by atoms with Gasteiger partial charge in [-0.25, -0.2) is 0 Å². The summed E-state index contributed by atoms with van der Waals surface area (Å²) in [5.41, 5.74) is 8.50. The fourth-order valence-corrected chi connectivity index (χ4v) is 2.62. The highest BCUT2D eigenvalue weighted by molar-refractivity contribution is 5.73. The van der Waals surface area contributed by atoms with E-state index in [4.69, 9.17) is 0 Å². The van der Waals surface area contributed by atoms with E-state index in [2.05, 4.69) is 80.4 Å². The van der Waals surface area contributed by atoms with Crippen molar-refractivity contribution in [3.63, 3.8) is 0 Å². The molecule has 0 fully saturated rings. The first kappa shape index (κ1) is 13.6. The molecule has 1 aromatic heterocycles. The largest absolute Gasteiger partial charge is 0.256 e. The SMILES string of the molecule is Cc1ccc(-c2cccc(-c3ccc(C)cc3C)c2)nc1. The van der Waals surface area contributed by atoms with Gasteiger partial charge in [-0.1, -0.05) is 48.0 Å². The zero-order valence-electron chi connectivity index (χ0n) is 12.7. The zero-order chi connectivity index (χ0) is 14.8. The van der Waals surface area contributed by atoms with Crippen molar-refractivity contribution in [2.24, 2.45) is 0 Å². The minimum Gasteiger partial charge on any atom is -0.256 e. The molecule has 0 N–H and O–H groups in total. The lowest BCUT2D eigenvalue weighted by molar-refractivity contribution is 1.27. The standard InChI is InChI=1S/C20H19N/c1-14-7-9-19(16(3)11-14)17-5-4-6-18(12-17)20-10-8-15(2)13-21-20/h4-13H,1-3H3. The van der Waals surface area contributed by atoms with Gasteiger partial charge < -0.3 is 0 Å². The third-order valence-corrected chi connectivity index (χ3v) is 3.76. The smallest absolute Gasteiger partial charge is 0.0702 e. The maximum Gasteiger partial charge on any atom is 0.0702 e.